The third-order valence-corrected chi connectivity index (χ3v) is 5.31. The molecule has 0 bridgehead atoms. The molecule has 152 valence electrons. The van der Waals surface area contributed by atoms with Gasteiger partial charge in [-0.2, -0.15) is 0 Å². The maximum absolute atomic E-state index is 12.4. The number of amides is 1. The lowest BCUT2D eigenvalue weighted by Gasteiger charge is -2.12. The highest BCUT2D eigenvalue weighted by Crippen LogP contribution is 2.21. The molecule has 0 unspecified atom stereocenters. The number of hydrogen-bond donors (Lipinski definition) is 1. The van der Waals surface area contributed by atoms with Gasteiger partial charge < -0.3 is 14.6 Å². The zero-order valence-electron chi connectivity index (χ0n) is 16.6. The number of hydrogen-bond acceptors (Lipinski definition) is 3. The first kappa shape index (κ1) is 20.0. The lowest BCUT2D eigenvalue weighted by Crippen LogP contribution is -2.25. The van der Waals surface area contributed by atoms with E-state index >= 15 is 0 Å². The molecule has 0 aliphatic rings. The average molecular weight is 420 g/mol. The van der Waals surface area contributed by atoms with E-state index in [0.717, 1.165) is 33.2 Å². The fraction of sp³-hybridized carbons (Fsp3) is 0.167. The molecule has 1 amide bonds. The first-order valence-corrected chi connectivity index (χ1v) is 10.2. The van der Waals surface area contributed by atoms with Gasteiger partial charge in [0.05, 0.1) is 24.1 Å². The largest absolute Gasteiger partial charge is 0.492 e. The Morgan fingerprint density at radius 2 is 1.83 bits per heavy atom. The minimum absolute atomic E-state index is 0.123. The summed E-state index contributed by atoms with van der Waals surface area (Å²) in [5, 5.41) is 3.68. The molecular formula is C24H22ClN3O2. The van der Waals surface area contributed by atoms with E-state index in [1.54, 1.807) is 12.1 Å². The van der Waals surface area contributed by atoms with E-state index < -0.39 is 0 Å². The molecule has 4 rings (SSSR count). The molecule has 1 N–H and O–H groups in total. The highest BCUT2D eigenvalue weighted by Gasteiger charge is 2.12. The van der Waals surface area contributed by atoms with Gasteiger partial charge in [0.15, 0.2) is 0 Å². The van der Waals surface area contributed by atoms with Gasteiger partial charge in [-0.3, -0.25) is 4.79 Å². The summed E-state index contributed by atoms with van der Waals surface area (Å²) in [5.41, 5.74) is 3.51. The number of nitrogens with one attached hydrogen (secondary N) is 1. The standard InChI is InChI=1S/C24H22ClN3O2/c1-17-15-19(11-12-20(17)25)30-14-13-28-22-10-6-5-9-21(22)27-23(28)16-26-24(29)18-7-3-2-4-8-18/h2-12,15H,13-14,16H2,1H3,(H,26,29). The second-order valence-electron chi connectivity index (χ2n) is 6.98. The van der Waals surface area contributed by atoms with E-state index in [4.69, 9.17) is 21.3 Å². The van der Waals surface area contributed by atoms with Crippen molar-refractivity contribution in [3.8, 4) is 5.75 Å². The summed E-state index contributed by atoms with van der Waals surface area (Å²) in [7, 11) is 0. The van der Waals surface area contributed by atoms with Crippen LogP contribution in [0.15, 0.2) is 72.8 Å². The zero-order valence-corrected chi connectivity index (χ0v) is 17.4. The van der Waals surface area contributed by atoms with E-state index in [-0.39, 0.29) is 5.91 Å². The number of para-hydroxylation sites is 2. The minimum Gasteiger partial charge on any atom is -0.492 e. The molecule has 30 heavy (non-hydrogen) atoms. The van der Waals surface area contributed by atoms with Crippen LogP contribution in [0.25, 0.3) is 11.0 Å². The van der Waals surface area contributed by atoms with Crippen molar-refractivity contribution in [1.82, 2.24) is 14.9 Å². The first-order chi connectivity index (χ1) is 14.6. The predicted molar refractivity (Wildman–Crippen MR) is 119 cm³/mol. The third-order valence-electron chi connectivity index (χ3n) is 4.89. The molecular weight excluding hydrogens is 398 g/mol. The van der Waals surface area contributed by atoms with E-state index in [9.17, 15) is 4.79 Å². The molecule has 0 aliphatic heterocycles. The van der Waals surface area contributed by atoms with Crippen LogP contribution in [0.2, 0.25) is 5.02 Å². The lowest BCUT2D eigenvalue weighted by molar-refractivity contribution is 0.0949. The zero-order chi connectivity index (χ0) is 20.9. The number of imidazole rings is 1. The Morgan fingerprint density at radius 1 is 1.07 bits per heavy atom. The van der Waals surface area contributed by atoms with Crippen molar-refractivity contribution in [3.05, 3.63) is 94.8 Å². The van der Waals surface area contributed by atoms with E-state index in [1.807, 2.05) is 67.6 Å². The van der Waals surface area contributed by atoms with Gasteiger partial charge in [-0.25, -0.2) is 4.98 Å². The number of aromatic nitrogens is 2. The van der Waals surface area contributed by atoms with Crippen LogP contribution in [-0.4, -0.2) is 22.1 Å². The highest BCUT2D eigenvalue weighted by molar-refractivity contribution is 6.31. The van der Waals surface area contributed by atoms with Gasteiger partial charge in [0, 0.05) is 10.6 Å². The number of halogens is 1. The van der Waals surface area contributed by atoms with E-state index in [2.05, 4.69) is 9.88 Å². The number of ether oxygens (including phenoxy) is 1. The molecule has 0 saturated carbocycles. The quantitative estimate of drug-likeness (QED) is 0.458. The van der Waals surface area contributed by atoms with Crippen molar-refractivity contribution in [2.24, 2.45) is 0 Å². The van der Waals surface area contributed by atoms with Crippen LogP contribution in [-0.2, 0) is 13.1 Å². The summed E-state index contributed by atoms with van der Waals surface area (Å²) >= 11 is 6.08. The maximum Gasteiger partial charge on any atom is 0.251 e. The van der Waals surface area contributed by atoms with Crippen molar-refractivity contribution in [3.63, 3.8) is 0 Å². The minimum atomic E-state index is -0.123. The smallest absolute Gasteiger partial charge is 0.251 e. The molecule has 0 radical (unpaired) electrons. The molecule has 0 saturated heterocycles. The van der Waals surface area contributed by atoms with Crippen molar-refractivity contribution >= 4 is 28.5 Å². The van der Waals surface area contributed by atoms with Crippen molar-refractivity contribution < 1.29 is 9.53 Å². The molecule has 1 heterocycles. The molecule has 4 aromatic rings. The Balaban J connectivity index is 1.48. The van der Waals surface area contributed by atoms with Crippen LogP contribution < -0.4 is 10.1 Å². The Morgan fingerprint density at radius 3 is 2.63 bits per heavy atom. The number of aryl methyl sites for hydroxylation is 1. The molecule has 0 atom stereocenters. The van der Waals surface area contributed by atoms with E-state index in [1.165, 1.54) is 0 Å². The monoisotopic (exact) mass is 419 g/mol. The first-order valence-electron chi connectivity index (χ1n) is 9.78. The van der Waals surface area contributed by atoms with Gasteiger partial charge in [-0.15, -0.1) is 0 Å². The number of carbonyl (C=O) groups is 1. The van der Waals surface area contributed by atoms with Gasteiger partial charge in [0.2, 0.25) is 0 Å². The number of carbonyl (C=O) groups excluding carboxylic acids is 1. The SMILES string of the molecule is Cc1cc(OCCn2c(CNC(=O)c3ccccc3)nc3ccccc32)ccc1Cl. The summed E-state index contributed by atoms with van der Waals surface area (Å²) in [6.07, 6.45) is 0. The van der Waals surface area contributed by atoms with Crippen molar-refractivity contribution in [2.75, 3.05) is 6.61 Å². The molecule has 0 aliphatic carbocycles. The average Bonchev–Trinajstić information content (AvgIpc) is 3.13. The van der Waals surface area contributed by atoms with E-state index in [0.29, 0.717) is 25.3 Å². The summed E-state index contributed by atoms with van der Waals surface area (Å²) < 4.78 is 8.01. The Kier molecular flexibility index (Phi) is 6.00. The Labute approximate surface area is 180 Å². The van der Waals surface area contributed by atoms with Crippen LogP contribution in [0.3, 0.4) is 0 Å². The van der Waals surface area contributed by atoms with Gasteiger partial charge in [-0.05, 0) is 55.0 Å². The normalized spacial score (nSPS) is 10.9. The van der Waals surface area contributed by atoms with Gasteiger partial charge in [0.25, 0.3) is 5.91 Å². The number of rotatable bonds is 7. The van der Waals surface area contributed by atoms with Gasteiger partial charge in [0.1, 0.15) is 18.2 Å². The molecule has 0 fully saturated rings. The summed E-state index contributed by atoms with van der Waals surface area (Å²) in [6, 6.07) is 22.7. The van der Waals surface area contributed by atoms with Gasteiger partial charge >= 0.3 is 0 Å². The number of benzene rings is 3. The summed E-state index contributed by atoms with van der Waals surface area (Å²) in [5.74, 6) is 1.44. The lowest BCUT2D eigenvalue weighted by atomic mass is 10.2. The Hall–Kier alpha value is -3.31. The fourth-order valence-electron chi connectivity index (χ4n) is 3.32. The topological polar surface area (TPSA) is 56.1 Å². The van der Waals surface area contributed by atoms with Crippen LogP contribution in [0.4, 0.5) is 0 Å². The van der Waals surface area contributed by atoms with Crippen LogP contribution in [0.1, 0.15) is 21.7 Å². The highest BCUT2D eigenvalue weighted by atomic mass is 35.5. The van der Waals surface area contributed by atoms with Gasteiger partial charge in [-0.1, -0.05) is 41.9 Å². The maximum atomic E-state index is 12.4. The van der Waals surface area contributed by atoms with Crippen molar-refractivity contribution in [1.29, 1.82) is 0 Å². The van der Waals surface area contributed by atoms with Crippen LogP contribution in [0.5, 0.6) is 5.75 Å². The fourth-order valence-corrected chi connectivity index (χ4v) is 3.44. The second-order valence-corrected chi connectivity index (χ2v) is 7.38. The molecule has 1 aromatic heterocycles. The molecule has 6 heteroatoms. The molecule has 0 spiro atoms. The molecule has 5 nitrogen and oxygen atoms in total. The van der Waals surface area contributed by atoms with Crippen LogP contribution >= 0.6 is 11.6 Å². The number of fused-ring (bicyclic) bond motifs is 1. The summed E-state index contributed by atoms with van der Waals surface area (Å²) in [4.78, 5) is 17.1. The van der Waals surface area contributed by atoms with Crippen molar-refractivity contribution in [2.45, 2.75) is 20.0 Å². The number of nitrogens with zero attached hydrogens (tertiary/aromatic N) is 2. The molecule has 3 aromatic carbocycles. The Bertz CT molecular complexity index is 1170. The third kappa shape index (κ3) is 4.47. The van der Waals surface area contributed by atoms with Crippen LogP contribution in [0, 0.1) is 6.92 Å². The predicted octanol–water partition coefficient (Wildman–Crippen LogP) is 5.01. The summed E-state index contributed by atoms with van der Waals surface area (Å²) in [6.45, 7) is 3.37. The second kappa shape index (κ2) is 9.01.